The van der Waals surface area contributed by atoms with E-state index in [0.29, 0.717) is 0 Å². The van der Waals surface area contributed by atoms with Crippen LogP contribution in [0.2, 0.25) is 0 Å². The van der Waals surface area contributed by atoms with E-state index in [1.807, 2.05) is 0 Å². The van der Waals surface area contributed by atoms with E-state index in [1.165, 1.54) is 21.3 Å². The predicted octanol–water partition coefficient (Wildman–Crippen LogP) is 11.7. The lowest BCUT2D eigenvalue weighted by atomic mass is 10.4. The average molecular weight is 881 g/mol. The molecular formula is C9H20O18P15+3. The molecule has 0 aromatic carbocycles. The zero-order valence-electron chi connectivity index (χ0n) is 21.2. The summed E-state index contributed by atoms with van der Waals surface area (Å²) in [4.78, 5) is 0. The molecule has 0 saturated carbocycles. The maximum Gasteiger partial charge on any atom is 0.534 e. The van der Waals surface area contributed by atoms with Crippen LogP contribution in [0.1, 0.15) is 0 Å². The molecule has 33 heteroatoms. The summed E-state index contributed by atoms with van der Waals surface area (Å²) in [5.74, 6) is 0. The minimum absolute atomic E-state index is 0.103. The third-order valence-corrected chi connectivity index (χ3v) is 17.2. The summed E-state index contributed by atoms with van der Waals surface area (Å²) in [7, 11) is -8.71. The smallest absolute Gasteiger partial charge is 0.371 e. The molecule has 0 rings (SSSR count). The molecule has 0 aliphatic carbocycles. The van der Waals surface area contributed by atoms with Crippen LogP contribution in [0.15, 0.2) is 0 Å². The van der Waals surface area contributed by atoms with Gasteiger partial charge in [0, 0.05) is 21.3 Å². The summed E-state index contributed by atoms with van der Waals surface area (Å²) >= 11 is 0. The van der Waals surface area contributed by atoms with Gasteiger partial charge >= 0.3 is 70.4 Å². The van der Waals surface area contributed by atoms with E-state index in [-0.39, 0.29) is 56.7 Å². The summed E-state index contributed by atoms with van der Waals surface area (Å²) < 4.78 is 149. The monoisotopic (exact) mass is 881 g/mol. The van der Waals surface area contributed by atoms with Gasteiger partial charge in [-0.25, -0.2) is 27.4 Å². The lowest BCUT2D eigenvalue weighted by Gasteiger charge is -2.20. The zero-order chi connectivity index (χ0) is 33.2. The molecule has 0 aromatic rings. The quantitative estimate of drug-likeness (QED) is 0.0863. The van der Waals surface area contributed by atoms with Crippen LogP contribution in [0.4, 0.5) is 0 Å². The number of hydrogen-bond acceptors (Lipinski definition) is 18. The molecule has 0 aliphatic heterocycles. The van der Waals surface area contributed by atoms with Gasteiger partial charge in [0.25, 0.3) is 0 Å². The molecule has 42 heavy (non-hydrogen) atoms. The summed E-state index contributed by atoms with van der Waals surface area (Å²) in [6.07, 6.45) is 0.103. The predicted molar refractivity (Wildman–Crippen MR) is 164 cm³/mol. The van der Waals surface area contributed by atoms with Gasteiger partial charge in [0.05, 0.1) is 13.2 Å². The van der Waals surface area contributed by atoms with Crippen molar-refractivity contribution in [1.82, 2.24) is 0 Å². The molecule has 0 amide bonds. The van der Waals surface area contributed by atoms with Crippen molar-refractivity contribution in [3.05, 3.63) is 0 Å². The van der Waals surface area contributed by atoms with E-state index in [9.17, 15) is 54.8 Å². The van der Waals surface area contributed by atoms with Crippen molar-refractivity contribution in [2.75, 3.05) is 53.6 Å². The Morgan fingerprint density at radius 3 is 0.952 bits per heavy atom. The van der Waals surface area contributed by atoms with Crippen LogP contribution < -0.4 is 0 Å². The lowest BCUT2D eigenvalue weighted by Crippen LogP contribution is -2.26. The molecule has 0 aliphatic rings. The van der Waals surface area contributed by atoms with Gasteiger partial charge in [-0.1, -0.05) is 0 Å². The van der Waals surface area contributed by atoms with E-state index < -0.39 is 100 Å². The number of ether oxygens (including phenoxy) is 3. The minimum atomic E-state index is -1.99. The van der Waals surface area contributed by atoms with Crippen LogP contribution in [0, 0.1) is 0 Å². The standard InChI is InChI=1S/C9H20O9P6.3O3P3/c1-13-22(19-10)6-16-4-9(18-8-24(15-3)21-12)5-17-7-23(14-2)20-11;3*1-4-6(3)5-2/h9H,4-8H2,1-3H3;;;/q;3*+1. The second-order valence-corrected chi connectivity index (χ2v) is 29.8. The first-order valence-electron chi connectivity index (χ1n) is 9.21. The Labute approximate surface area is 259 Å². The van der Waals surface area contributed by atoms with E-state index in [4.69, 9.17) is 27.8 Å². The van der Waals surface area contributed by atoms with Gasteiger partial charge in [0.2, 0.25) is 24.4 Å². The summed E-state index contributed by atoms with van der Waals surface area (Å²) in [5.41, 5.74) is 0. The topological polar surface area (TPSA) is 260 Å². The normalized spacial score (nSPS) is 15.1. The fourth-order valence-electron chi connectivity index (χ4n) is 1.21. The summed E-state index contributed by atoms with van der Waals surface area (Å²) in [6, 6.07) is 0. The third-order valence-electron chi connectivity index (χ3n) is 2.76. The molecule has 0 fully saturated rings. The first kappa shape index (κ1) is 51.1. The van der Waals surface area contributed by atoms with Gasteiger partial charge in [-0.15, -0.1) is 0 Å². The van der Waals surface area contributed by atoms with Crippen molar-refractivity contribution in [2.45, 2.75) is 6.10 Å². The Kier molecular flexibility index (Phi) is 50.2. The molecular weight excluding hydrogens is 861 g/mol. The lowest BCUT2D eigenvalue weighted by molar-refractivity contribution is -0.0328. The van der Waals surface area contributed by atoms with E-state index in [1.54, 1.807) is 0 Å². The minimum Gasteiger partial charge on any atom is -0.371 e. The fraction of sp³-hybridized carbons (Fsp3) is 1.00. The fourth-order valence-corrected chi connectivity index (χ4v) is 5.61. The van der Waals surface area contributed by atoms with Crippen molar-refractivity contribution < 1.29 is 82.6 Å². The molecule has 0 radical (unpaired) electrons. The van der Waals surface area contributed by atoms with Crippen LogP contribution in [-0.2, 0) is 82.6 Å². The van der Waals surface area contributed by atoms with Gasteiger partial charge in [0.15, 0.2) is 23.5 Å². The highest BCUT2D eigenvalue weighted by Crippen LogP contribution is 2.51. The van der Waals surface area contributed by atoms with Gasteiger partial charge in [-0.05, 0) is 13.7 Å². The Balaban J connectivity index is -0.000000322. The molecule has 0 spiro atoms. The molecule has 0 bridgehead atoms. The van der Waals surface area contributed by atoms with Crippen molar-refractivity contribution in [3.8, 4) is 0 Å². The Morgan fingerprint density at radius 2 is 0.762 bits per heavy atom. The van der Waals surface area contributed by atoms with Gasteiger partial charge in [0.1, 0.15) is 25.1 Å². The molecule has 0 heterocycles. The maximum absolute atomic E-state index is 10.9. The number of hydrogen-bond donors (Lipinski definition) is 0. The highest BCUT2D eigenvalue weighted by molar-refractivity contribution is 8.41. The van der Waals surface area contributed by atoms with Crippen LogP contribution in [0.3, 0.4) is 0 Å². The van der Waals surface area contributed by atoms with Crippen LogP contribution in [0.5, 0.6) is 0 Å². The van der Waals surface area contributed by atoms with Gasteiger partial charge in [-0.3, -0.25) is 13.7 Å². The second-order valence-electron chi connectivity index (χ2n) is 5.01. The average Bonchev–Trinajstić information content (AvgIpc) is 3.04. The van der Waals surface area contributed by atoms with Crippen LogP contribution >= 0.6 is 118 Å². The first-order chi connectivity index (χ1) is 20.1. The van der Waals surface area contributed by atoms with Gasteiger partial charge < -0.3 is 27.8 Å². The van der Waals surface area contributed by atoms with Gasteiger partial charge in [-0.2, -0.15) is 0 Å². The summed E-state index contributed by atoms with van der Waals surface area (Å²) in [5, 5.41) is 0. The molecule has 3 atom stereocenters. The Morgan fingerprint density at radius 1 is 0.500 bits per heavy atom. The van der Waals surface area contributed by atoms with Crippen molar-refractivity contribution in [1.29, 1.82) is 0 Å². The SMILES string of the molecule is COP(COCC(COCP(OC)P=O)OCP(OC)P=O)P=O.O=P[P+](=O)P=O.O=P[P+](=O)P=O.O=P[P+](=O)P=O. The van der Waals surface area contributed by atoms with E-state index >= 15 is 0 Å². The summed E-state index contributed by atoms with van der Waals surface area (Å²) in [6.45, 7) is 0.362. The second kappa shape index (κ2) is 41.3. The van der Waals surface area contributed by atoms with Crippen molar-refractivity contribution >= 4 is 118 Å². The highest BCUT2D eigenvalue weighted by Gasteiger charge is 2.18. The largest absolute Gasteiger partial charge is 0.534 e. The Hall–Kier alpha value is 2.25. The molecule has 0 saturated heterocycles. The van der Waals surface area contributed by atoms with Crippen LogP contribution in [-0.4, -0.2) is 59.7 Å². The highest BCUT2D eigenvalue weighted by atomic mass is 32.4. The van der Waals surface area contributed by atoms with Crippen LogP contribution in [0.25, 0.3) is 0 Å². The Bertz CT molecular complexity index is 753. The molecule has 18 nitrogen and oxygen atoms in total. The third kappa shape index (κ3) is 38.4. The molecule has 3 unspecified atom stereocenters. The zero-order valence-corrected chi connectivity index (χ0v) is 34.6. The van der Waals surface area contributed by atoms with Crippen molar-refractivity contribution in [2.24, 2.45) is 0 Å². The van der Waals surface area contributed by atoms with Crippen molar-refractivity contribution in [3.63, 3.8) is 0 Å². The molecule has 236 valence electrons. The van der Waals surface area contributed by atoms with E-state index in [0.717, 1.165) is 0 Å². The molecule has 0 N–H and O–H groups in total. The first-order valence-corrected chi connectivity index (χ1v) is 31.0. The maximum atomic E-state index is 10.9. The number of rotatable bonds is 23. The molecule has 0 aromatic heterocycles. The van der Waals surface area contributed by atoms with E-state index in [2.05, 4.69) is 0 Å².